The summed E-state index contributed by atoms with van der Waals surface area (Å²) in [5, 5.41) is 20.0. The van der Waals surface area contributed by atoms with E-state index in [1.165, 1.54) is 6.08 Å². The van der Waals surface area contributed by atoms with Crippen molar-refractivity contribution in [1.29, 1.82) is 0 Å². The molecule has 1 aromatic carbocycles. The molecule has 0 unspecified atom stereocenters. The molecule has 2 aromatic rings. The van der Waals surface area contributed by atoms with Crippen LogP contribution in [0.1, 0.15) is 6.92 Å². The van der Waals surface area contributed by atoms with E-state index < -0.39 is 5.97 Å². The average molecular weight is 257 g/mol. The number of carboxylic acid groups (broad SMARTS) is 1. The summed E-state index contributed by atoms with van der Waals surface area (Å²) in [6.07, 6.45) is 7.53. The molecule has 1 aromatic heterocycles. The van der Waals surface area contributed by atoms with Gasteiger partial charge >= 0.3 is 0 Å². The fourth-order valence-corrected chi connectivity index (χ4v) is 1.38. The maximum atomic E-state index is 9.64. The van der Waals surface area contributed by atoms with Crippen LogP contribution in [0.3, 0.4) is 0 Å². The number of para-hydroxylation sites is 1. The monoisotopic (exact) mass is 257 g/mol. The number of hydrogen-bond donors (Lipinski definition) is 1. The number of fused-ring (bicyclic) bond motifs is 1. The number of pyridine rings is 1. The van der Waals surface area contributed by atoms with E-state index >= 15 is 0 Å². The van der Waals surface area contributed by atoms with E-state index in [2.05, 4.69) is 4.98 Å². The number of aliphatic carboxylic acids is 1. The Morgan fingerprint density at radius 2 is 2.00 bits per heavy atom. The average Bonchev–Trinajstić information content (AvgIpc) is 2.40. The smallest absolute Gasteiger partial charge is 0.252 e. The fraction of sp³-hybridized carbons (Fsp3) is 0.0667. The molecule has 4 heteroatoms. The van der Waals surface area contributed by atoms with Crippen molar-refractivity contribution in [2.75, 3.05) is 0 Å². The number of hydrogen-bond acceptors (Lipinski definition) is 3. The summed E-state index contributed by atoms with van der Waals surface area (Å²) >= 11 is 0. The number of aromatic hydroxyl groups is 1. The number of carbonyl (C=O) groups is 1. The third kappa shape index (κ3) is 5.04. The van der Waals surface area contributed by atoms with Gasteiger partial charge in [0.2, 0.25) is 0 Å². The third-order valence-corrected chi connectivity index (χ3v) is 2.21. The summed E-state index contributed by atoms with van der Waals surface area (Å²) in [6, 6.07) is 9.29. The SMILES string of the molecule is CC=CC=CC(=O)[O-].Oc1cccc2ccc[nH+]c12. The van der Waals surface area contributed by atoms with Gasteiger partial charge in [-0.25, -0.2) is 4.98 Å². The minimum Gasteiger partial charge on any atom is -0.545 e. The van der Waals surface area contributed by atoms with E-state index in [-0.39, 0.29) is 0 Å². The Balaban J connectivity index is 0.000000203. The number of aromatic nitrogens is 1. The predicted molar refractivity (Wildman–Crippen MR) is 71.1 cm³/mol. The molecule has 0 saturated heterocycles. The van der Waals surface area contributed by atoms with Crippen LogP contribution in [0.15, 0.2) is 60.8 Å². The Morgan fingerprint density at radius 1 is 1.26 bits per heavy atom. The first-order valence-corrected chi connectivity index (χ1v) is 5.74. The second kappa shape index (κ2) is 7.66. The summed E-state index contributed by atoms with van der Waals surface area (Å²) in [5.74, 6) is -0.869. The van der Waals surface area contributed by atoms with Crippen molar-refractivity contribution in [3.63, 3.8) is 0 Å². The first-order valence-electron chi connectivity index (χ1n) is 5.74. The normalized spacial score (nSPS) is 10.6. The van der Waals surface area contributed by atoms with Gasteiger partial charge in [0.25, 0.3) is 5.52 Å². The quantitative estimate of drug-likeness (QED) is 0.649. The van der Waals surface area contributed by atoms with Crippen LogP contribution in [-0.4, -0.2) is 11.1 Å². The van der Waals surface area contributed by atoms with Gasteiger partial charge in [0.1, 0.15) is 0 Å². The van der Waals surface area contributed by atoms with Crippen LogP contribution in [0.4, 0.5) is 0 Å². The molecule has 1 heterocycles. The van der Waals surface area contributed by atoms with Crippen molar-refractivity contribution in [1.82, 2.24) is 0 Å². The van der Waals surface area contributed by atoms with Gasteiger partial charge in [-0.1, -0.05) is 24.3 Å². The fourth-order valence-electron chi connectivity index (χ4n) is 1.38. The zero-order chi connectivity index (χ0) is 14.1. The Morgan fingerprint density at radius 3 is 2.63 bits per heavy atom. The summed E-state index contributed by atoms with van der Waals surface area (Å²) < 4.78 is 0. The van der Waals surface area contributed by atoms with Crippen molar-refractivity contribution >= 4 is 16.9 Å². The largest absolute Gasteiger partial charge is 0.545 e. The molecule has 0 aliphatic rings. The summed E-state index contributed by atoms with van der Waals surface area (Å²) in [7, 11) is 0. The predicted octanol–water partition coefficient (Wildman–Crippen LogP) is 1.23. The number of phenolic OH excluding ortho intramolecular Hbond substituents is 1. The molecule has 0 atom stereocenters. The molecule has 0 bridgehead atoms. The highest BCUT2D eigenvalue weighted by Crippen LogP contribution is 2.18. The lowest BCUT2D eigenvalue weighted by molar-refractivity contribution is -0.345. The van der Waals surface area contributed by atoms with E-state index in [0.717, 1.165) is 17.0 Å². The van der Waals surface area contributed by atoms with E-state index in [1.807, 2.05) is 24.3 Å². The Hall–Kier alpha value is -2.62. The molecule has 0 aliphatic carbocycles. The second-order valence-electron chi connectivity index (χ2n) is 3.62. The Bertz CT molecular complexity index is 598. The van der Waals surface area contributed by atoms with Crippen LogP contribution in [0.5, 0.6) is 5.75 Å². The minimum atomic E-state index is -1.16. The van der Waals surface area contributed by atoms with Gasteiger partial charge in [-0.2, -0.15) is 0 Å². The van der Waals surface area contributed by atoms with E-state index in [9.17, 15) is 15.0 Å². The van der Waals surface area contributed by atoms with Gasteiger partial charge in [-0.15, -0.1) is 0 Å². The number of aromatic amines is 1. The van der Waals surface area contributed by atoms with Crippen molar-refractivity contribution in [2.24, 2.45) is 0 Å². The number of carbonyl (C=O) groups excluding carboxylic acids is 1. The molecule has 0 aliphatic heterocycles. The minimum absolute atomic E-state index is 0.295. The molecule has 98 valence electrons. The van der Waals surface area contributed by atoms with Crippen LogP contribution < -0.4 is 10.1 Å². The lowest BCUT2D eigenvalue weighted by Crippen LogP contribution is -2.18. The van der Waals surface area contributed by atoms with Gasteiger partial charge < -0.3 is 15.0 Å². The summed E-state index contributed by atoms with van der Waals surface area (Å²) in [4.78, 5) is 12.6. The zero-order valence-electron chi connectivity index (χ0n) is 10.5. The zero-order valence-corrected chi connectivity index (χ0v) is 10.5. The van der Waals surface area contributed by atoms with Gasteiger partial charge in [0, 0.05) is 6.07 Å². The van der Waals surface area contributed by atoms with E-state index in [0.29, 0.717) is 5.75 Å². The van der Waals surface area contributed by atoms with Crippen LogP contribution >= 0.6 is 0 Å². The number of carboxylic acids is 1. The standard InChI is InChI=1S/C9H7NO.C6H8O2/c11-8-5-1-3-7-4-2-6-10-9(7)8;1-2-3-4-5-6(7)8/h1-6,11H;2-5H,1H3,(H,7,8). The van der Waals surface area contributed by atoms with E-state index in [1.54, 1.807) is 31.3 Å². The maximum Gasteiger partial charge on any atom is 0.252 e. The number of H-pyrrole nitrogens is 1. The third-order valence-electron chi connectivity index (χ3n) is 2.21. The van der Waals surface area contributed by atoms with E-state index in [4.69, 9.17) is 0 Å². The number of nitrogens with one attached hydrogen (secondary N) is 1. The first-order chi connectivity index (χ1) is 9.15. The van der Waals surface area contributed by atoms with Gasteiger partial charge in [-0.05, 0) is 31.2 Å². The summed E-state index contributed by atoms with van der Waals surface area (Å²) in [5.41, 5.74) is 0.787. The lowest BCUT2D eigenvalue weighted by Gasteiger charge is -1.91. The molecule has 2 rings (SSSR count). The first kappa shape index (κ1) is 14.4. The van der Waals surface area contributed by atoms with Crippen LogP contribution in [0.25, 0.3) is 10.9 Å². The number of phenols is 1. The molecule has 0 saturated carbocycles. The van der Waals surface area contributed by atoms with Crippen molar-refractivity contribution in [2.45, 2.75) is 6.92 Å². The molecule has 0 fully saturated rings. The van der Waals surface area contributed by atoms with Crippen LogP contribution in [0, 0.1) is 0 Å². The van der Waals surface area contributed by atoms with Crippen molar-refractivity contribution in [3.05, 3.63) is 60.8 Å². The number of benzene rings is 1. The number of rotatable bonds is 2. The van der Waals surface area contributed by atoms with Crippen LogP contribution in [-0.2, 0) is 4.79 Å². The van der Waals surface area contributed by atoms with Crippen molar-refractivity contribution in [3.8, 4) is 5.75 Å². The molecule has 0 spiro atoms. The molecule has 0 amide bonds. The number of allylic oxidation sites excluding steroid dienone is 3. The molecule has 2 N–H and O–H groups in total. The van der Waals surface area contributed by atoms with Gasteiger partial charge in [0.15, 0.2) is 11.9 Å². The topological polar surface area (TPSA) is 74.5 Å². The summed E-state index contributed by atoms with van der Waals surface area (Å²) in [6.45, 7) is 1.81. The Kier molecular flexibility index (Phi) is 5.82. The molecule has 0 radical (unpaired) electrons. The maximum absolute atomic E-state index is 9.64. The second-order valence-corrected chi connectivity index (χ2v) is 3.62. The molecular weight excluding hydrogens is 242 g/mol. The van der Waals surface area contributed by atoms with Gasteiger partial charge in [-0.3, -0.25) is 0 Å². The Labute approximate surface area is 111 Å². The molecule has 19 heavy (non-hydrogen) atoms. The highest BCUT2D eigenvalue weighted by Gasteiger charge is 2.02. The molecular formula is C15H15NO3. The highest BCUT2D eigenvalue weighted by molar-refractivity contribution is 5.80. The lowest BCUT2D eigenvalue weighted by atomic mass is 10.2. The van der Waals surface area contributed by atoms with Crippen molar-refractivity contribution < 1.29 is 20.0 Å². The highest BCUT2D eigenvalue weighted by atomic mass is 16.4. The van der Waals surface area contributed by atoms with Crippen LogP contribution in [0.2, 0.25) is 0 Å². The van der Waals surface area contributed by atoms with Gasteiger partial charge in [0.05, 0.1) is 11.4 Å². The molecule has 4 nitrogen and oxygen atoms in total.